The maximum Gasteiger partial charge on any atom is 0.416 e. The number of fused-ring (bicyclic) bond motifs is 2. The molecule has 6 rings (SSSR count). The summed E-state index contributed by atoms with van der Waals surface area (Å²) >= 11 is 0. The molecule has 0 radical (unpaired) electrons. The van der Waals surface area contributed by atoms with E-state index in [1.54, 1.807) is 0 Å². The van der Waals surface area contributed by atoms with Crippen molar-refractivity contribution in [1.29, 1.82) is 0 Å². The number of hydrogen-bond acceptors (Lipinski definition) is 4. The highest BCUT2D eigenvalue weighted by atomic mass is 19.4. The average molecular weight is 424 g/mol. The smallest absolute Gasteiger partial charge is 0.339 e. The predicted octanol–water partition coefficient (Wildman–Crippen LogP) is 5.72. The molecule has 4 heterocycles. The Morgan fingerprint density at radius 3 is 2.43 bits per heavy atom. The first-order valence-electron chi connectivity index (χ1n) is 10.6. The van der Waals surface area contributed by atoms with Crippen LogP contribution in [0.2, 0.25) is 0 Å². The molecule has 0 amide bonds. The molecule has 4 aliphatic heterocycles. The number of halogens is 3. The molecule has 164 valence electrons. The molecule has 7 atom stereocenters. The van der Waals surface area contributed by atoms with Crippen LogP contribution in [-0.4, -0.2) is 23.3 Å². The van der Waals surface area contributed by atoms with Crippen molar-refractivity contribution in [3.63, 3.8) is 0 Å². The number of ether oxygens (including phenoxy) is 2. The van der Waals surface area contributed by atoms with E-state index in [9.17, 15) is 13.2 Å². The van der Waals surface area contributed by atoms with E-state index in [0.717, 1.165) is 37.8 Å². The van der Waals surface area contributed by atoms with Gasteiger partial charge in [-0.05, 0) is 62.6 Å². The Kier molecular flexibility index (Phi) is 4.47. The van der Waals surface area contributed by atoms with Crippen molar-refractivity contribution in [2.75, 3.05) is 0 Å². The summed E-state index contributed by atoms with van der Waals surface area (Å²) in [6, 6.07) is 5.15. The predicted molar refractivity (Wildman–Crippen MR) is 103 cm³/mol. The SMILES string of the molecule is C[C@@H]1CC[C@@H]2[C@]34OO[C@@](C)(CCC13)O[C@H]4O[C@]2(C)/C=C/c1ccc(C(F)(F)F)cc1. The molecule has 1 aromatic carbocycles. The third kappa shape index (κ3) is 2.97. The van der Waals surface area contributed by atoms with Crippen LogP contribution in [0.25, 0.3) is 6.08 Å². The van der Waals surface area contributed by atoms with Crippen molar-refractivity contribution in [1.82, 2.24) is 0 Å². The summed E-state index contributed by atoms with van der Waals surface area (Å²) < 4.78 is 51.2. The summed E-state index contributed by atoms with van der Waals surface area (Å²) in [4.78, 5) is 11.9. The maximum atomic E-state index is 12.8. The zero-order valence-corrected chi connectivity index (χ0v) is 17.4. The quantitative estimate of drug-likeness (QED) is 0.569. The highest BCUT2D eigenvalue weighted by Gasteiger charge is 2.73. The third-order valence-electron chi connectivity index (χ3n) is 7.62. The van der Waals surface area contributed by atoms with Crippen molar-refractivity contribution in [3.8, 4) is 0 Å². The number of hydrogen-bond donors (Lipinski definition) is 0. The normalized spacial score (nSPS) is 45.5. The maximum absolute atomic E-state index is 12.8. The highest BCUT2D eigenvalue weighted by Crippen LogP contribution is 2.63. The van der Waals surface area contributed by atoms with Gasteiger partial charge in [0.2, 0.25) is 5.79 Å². The third-order valence-corrected chi connectivity index (χ3v) is 7.62. The Morgan fingerprint density at radius 2 is 1.73 bits per heavy atom. The molecule has 1 aliphatic carbocycles. The largest absolute Gasteiger partial charge is 0.416 e. The molecule has 1 saturated carbocycles. The second-order valence-corrected chi connectivity index (χ2v) is 9.61. The van der Waals surface area contributed by atoms with Gasteiger partial charge < -0.3 is 9.47 Å². The van der Waals surface area contributed by atoms with Crippen LogP contribution in [0.15, 0.2) is 30.3 Å². The molecule has 5 aliphatic rings. The lowest BCUT2D eigenvalue weighted by Gasteiger charge is -2.50. The zero-order valence-electron chi connectivity index (χ0n) is 17.4. The molecular formula is C23H27F3O4. The molecule has 1 unspecified atom stereocenters. The summed E-state index contributed by atoms with van der Waals surface area (Å²) in [6.45, 7) is 6.15. The standard InChI is InChI=1S/C23H27F3O4/c1-14-4-9-18-20(2,12-10-15-5-7-16(8-6-15)23(24,25)26)27-19-22(18)17(14)11-13-21(3,28-19)29-30-22/h5-8,10,12,14,17-19H,4,9,11,13H2,1-3H3/b12-10+/t14-,17?,18+,19-,20-,21+,22-/m1/s1. The average Bonchev–Trinajstić information content (AvgIpc) is 2.77. The Morgan fingerprint density at radius 1 is 1.00 bits per heavy atom. The fraction of sp³-hybridized carbons (Fsp3) is 0.652. The van der Waals surface area contributed by atoms with Crippen molar-refractivity contribution >= 4 is 6.08 Å². The van der Waals surface area contributed by atoms with Crippen LogP contribution in [0, 0.1) is 17.8 Å². The van der Waals surface area contributed by atoms with Gasteiger partial charge >= 0.3 is 6.18 Å². The number of benzene rings is 1. The van der Waals surface area contributed by atoms with Crippen LogP contribution in [0.1, 0.15) is 57.6 Å². The first kappa shape index (κ1) is 20.5. The lowest BCUT2D eigenvalue weighted by Crippen LogP contribution is -2.61. The first-order chi connectivity index (χ1) is 14.1. The van der Waals surface area contributed by atoms with E-state index in [4.69, 9.17) is 19.2 Å². The molecule has 0 N–H and O–H groups in total. The molecule has 30 heavy (non-hydrogen) atoms. The van der Waals surface area contributed by atoms with E-state index in [0.29, 0.717) is 11.5 Å². The van der Waals surface area contributed by atoms with Crippen LogP contribution in [-0.2, 0) is 25.4 Å². The van der Waals surface area contributed by atoms with E-state index in [1.807, 2.05) is 26.0 Å². The molecule has 4 saturated heterocycles. The number of rotatable bonds is 2. The fourth-order valence-corrected chi connectivity index (χ4v) is 5.95. The minimum atomic E-state index is -4.34. The van der Waals surface area contributed by atoms with E-state index < -0.39 is 35.0 Å². The molecule has 1 spiro atoms. The van der Waals surface area contributed by atoms with Crippen molar-refractivity contribution in [2.45, 2.75) is 75.9 Å². The lowest BCUT2D eigenvalue weighted by molar-refractivity contribution is -0.541. The van der Waals surface area contributed by atoms with Gasteiger partial charge in [-0.1, -0.05) is 31.2 Å². The zero-order chi connectivity index (χ0) is 21.4. The Hall–Kier alpha value is -1.41. The minimum Gasteiger partial charge on any atom is -0.339 e. The van der Waals surface area contributed by atoms with E-state index in [2.05, 4.69) is 6.92 Å². The number of alkyl halides is 3. The van der Waals surface area contributed by atoms with Gasteiger partial charge in [0.15, 0.2) is 11.9 Å². The van der Waals surface area contributed by atoms with Crippen LogP contribution in [0.5, 0.6) is 0 Å². The minimum absolute atomic E-state index is 0.0320. The second-order valence-electron chi connectivity index (χ2n) is 9.61. The van der Waals surface area contributed by atoms with Gasteiger partial charge in [0.1, 0.15) is 0 Å². The van der Waals surface area contributed by atoms with Crippen molar-refractivity contribution in [2.24, 2.45) is 17.8 Å². The Bertz CT molecular complexity index is 853. The monoisotopic (exact) mass is 424 g/mol. The molecule has 2 bridgehead atoms. The van der Waals surface area contributed by atoms with Gasteiger partial charge in [-0.15, -0.1) is 0 Å². The Labute approximate surface area is 174 Å². The molecule has 7 heteroatoms. The van der Waals surface area contributed by atoms with Crippen molar-refractivity contribution < 1.29 is 32.4 Å². The van der Waals surface area contributed by atoms with Gasteiger partial charge in [0.05, 0.1) is 11.2 Å². The molecule has 1 aromatic rings. The summed E-state index contributed by atoms with van der Waals surface area (Å²) in [5.41, 5.74) is -1.30. The topological polar surface area (TPSA) is 36.9 Å². The van der Waals surface area contributed by atoms with Gasteiger partial charge in [0.25, 0.3) is 0 Å². The van der Waals surface area contributed by atoms with E-state index >= 15 is 0 Å². The Balaban J connectivity index is 1.46. The molecule has 5 fully saturated rings. The second kappa shape index (κ2) is 6.55. The van der Waals surface area contributed by atoms with Crippen LogP contribution in [0.4, 0.5) is 13.2 Å². The van der Waals surface area contributed by atoms with Crippen LogP contribution >= 0.6 is 0 Å². The molecular weight excluding hydrogens is 397 g/mol. The lowest BCUT2D eigenvalue weighted by atomic mass is 9.60. The van der Waals surface area contributed by atoms with Crippen LogP contribution < -0.4 is 0 Å². The van der Waals surface area contributed by atoms with Gasteiger partial charge in [-0.25, -0.2) is 9.78 Å². The van der Waals surface area contributed by atoms with Gasteiger partial charge in [-0.3, -0.25) is 0 Å². The first-order valence-corrected chi connectivity index (χ1v) is 10.6. The summed E-state index contributed by atoms with van der Waals surface area (Å²) in [5, 5.41) is 0. The van der Waals surface area contributed by atoms with Gasteiger partial charge in [-0.2, -0.15) is 13.2 Å². The van der Waals surface area contributed by atoms with E-state index in [1.165, 1.54) is 12.1 Å². The highest BCUT2D eigenvalue weighted by molar-refractivity contribution is 5.52. The van der Waals surface area contributed by atoms with E-state index in [-0.39, 0.29) is 11.8 Å². The molecule has 4 nitrogen and oxygen atoms in total. The van der Waals surface area contributed by atoms with Crippen LogP contribution in [0.3, 0.4) is 0 Å². The van der Waals surface area contributed by atoms with Crippen molar-refractivity contribution in [3.05, 3.63) is 41.5 Å². The summed E-state index contributed by atoms with van der Waals surface area (Å²) in [5.74, 6) is -0.0439. The summed E-state index contributed by atoms with van der Waals surface area (Å²) in [7, 11) is 0. The summed E-state index contributed by atoms with van der Waals surface area (Å²) in [6.07, 6.45) is 2.58. The molecule has 0 aromatic heterocycles. The fourth-order valence-electron chi connectivity index (χ4n) is 5.95. The van der Waals surface area contributed by atoms with Gasteiger partial charge in [0, 0.05) is 12.3 Å².